The number of hydrogen-bond acceptors (Lipinski definition) is 7. The van der Waals surface area contributed by atoms with E-state index in [9.17, 15) is 9.59 Å². The van der Waals surface area contributed by atoms with E-state index in [0.29, 0.717) is 37.7 Å². The van der Waals surface area contributed by atoms with Crippen molar-refractivity contribution in [1.29, 1.82) is 0 Å². The van der Waals surface area contributed by atoms with E-state index in [4.69, 9.17) is 9.15 Å². The number of aromatic nitrogens is 1. The molecule has 0 radical (unpaired) electrons. The van der Waals surface area contributed by atoms with Gasteiger partial charge in [0.2, 0.25) is 5.43 Å². The van der Waals surface area contributed by atoms with Crippen molar-refractivity contribution in [1.82, 2.24) is 4.98 Å². The highest BCUT2D eigenvalue weighted by Crippen LogP contribution is 2.32. The van der Waals surface area contributed by atoms with E-state index < -0.39 is 5.97 Å². The third kappa shape index (κ3) is 3.04. The van der Waals surface area contributed by atoms with E-state index in [2.05, 4.69) is 4.98 Å². The Morgan fingerprint density at radius 1 is 1.10 bits per heavy atom. The lowest BCUT2D eigenvalue weighted by Crippen LogP contribution is -2.09. The summed E-state index contributed by atoms with van der Waals surface area (Å²) in [5.41, 5.74) is 2.10. The van der Waals surface area contributed by atoms with Crippen LogP contribution >= 0.6 is 22.7 Å². The van der Waals surface area contributed by atoms with Gasteiger partial charge in [-0.05, 0) is 42.6 Å². The largest absolute Gasteiger partial charge is 0.463 e. The van der Waals surface area contributed by atoms with Gasteiger partial charge in [-0.25, -0.2) is 9.78 Å². The van der Waals surface area contributed by atoms with Crippen LogP contribution in [-0.4, -0.2) is 11.0 Å². The minimum atomic E-state index is -0.434. The Morgan fingerprint density at radius 3 is 2.76 bits per heavy atom. The van der Waals surface area contributed by atoms with Gasteiger partial charge >= 0.3 is 5.97 Å². The van der Waals surface area contributed by atoms with Gasteiger partial charge < -0.3 is 9.15 Å². The first-order chi connectivity index (χ1) is 14.1. The molecule has 0 spiro atoms. The maximum absolute atomic E-state index is 13.1. The molecule has 0 saturated heterocycles. The second-order valence-electron chi connectivity index (χ2n) is 6.40. The fourth-order valence-corrected chi connectivity index (χ4v) is 4.68. The number of hydrogen-bond donors (Lipinski definition) is 0. The van der Waals surface area contributed by atoms with Crippen LogP contribution in [0.25, 0.3) is 31.8 Å². The molecule has 7 heteroatoms. The molecular formula is C22H13NO4S2. The first kappa shape index (κ1) is 17.8. The van der Waals surface area contributed by atoms with Gasteiger partial charge in [0, 0.05) is 5.56 Å². The van der Waals surface area contributed by atoms with Crippen LogP contribution in [0.2, 0.25) is 0 Å². The van der Waals surface area contributed by atoms with E-state index in [-0.39, 0.29) is 5.43 Å². The summed E-state index contributed by atoms with van der Waals surface area (Å²) in [6.07, 6.45) is 1.43. The predicted molar refractivity (Wildman–Crippen MR) is 115 cm³/mol. The van der Waals surface area contributed by atoms with Crippen LogP contribution in [-0.2, 0) is 0 Å². The molecule has 0 aliphatic heterocycles. The van der Waals surface area contributed by atoms with E-state index >= 15 is 0 Å². The number of thiophene rings is 1. The molecule has 0 bridgehead atoms. The van der Waals surface area contributed by atoms with Gasteiger partial charge in [0.15, 0.2) is 0 Å². The predicted octanol–water partition coefficient (Wildman–Crippen LogP) is 5.66. The molecule has 2 aromatic carbocycles. The summed E-state index contributed by atoms with van der Waals surface area (Å²) in [5, 5.41) is 2.86. The molecule has 0 aliphatic carbocycles. The van der Waals surface area contributed by atoms with Gasteiger partial charge in [0.05, 0.1) is 21.2 Å². The standard InChI is InChI=1S/C22H13NO4S2/c1-12-16(27-22(25)18-7-4-10-28-18)9-8-13-19(24)14(11-26-20(12)13)21-23-15-5-2-3-6-17(15)29-21/h2-11H,1H3. The van der Waals surface area contributed by atoms with Crippen molar-refractivity contribution >= 4 is 49.8 Å². The molecule has 0 atom stereocenters. The first-order valence-corrected chi connectivity index (χ1v) is 10.5. The van der Waals surface area contributed by atoms with Gasteiger partial charge in [-0.3, -0.25) is 4.79 Å². The molecule has 0 amide bonds. The normalized spacial score (nSPS) is 11.2. The summed E-state index contributed by atoms with van der Waals surface area (Å²) in [4.78, 5) is 30.4. The first-order valence-electron chi connectivity index (χ1n) is 8.78. The molecule has 5 aromatic rings. The minimum Gasteiger partial charge on any atom is -0.463 e. The number of rotatable bonds is 3. The number of carbonyl (C=O) groups is 1. The number of thiazole rings is 1. The number of para-hydroxylation sites is 1. The molecule has 0 saturated carbocycles. The second-order valence-corrected chi connectivity index (χ2v) is 8.38. The molecule has 5 nitrogen and oxygen atoms in total. The Bertz CT molecular complexity index is 1400. The lowest BCUT2D eigenvalue weighted by atomic mass is 10.1. The third-order valence-corrected chi connectivity index (χ3v) is 6.51. The summed E-state index contributed by atoms with van der Waals surface area (Å²) in [6.45, 7) is 1.76. The van der Waals surface area contributed by atoms with Crippen LogP contribution in [0.1, 0.15) is 15.2 Å². The minimum absolute atomic E-state index is 0.162. The molecule has 0 N–H and O–H groups in total. The van der Waals surface area contributed by atoms with Crippen molar-refractivity contribution in [3.05, 3.63) is 80.8 Å². The zero-order valence-electron chi connectivity index (χ0n) is 15.2. The van der Waals surface area contributed by atoms with Crippen molar-refractivity contribution in [3.8, 4) is 16.3 Å². The molecule has 142 valence electrons. The number of aryl methyl sites for hydroxylation is 1. The zero-order chi connectivity index (χ0) is 20.0. The third-order valence-electron chi connectivity index (χ3n) is 4.59. The second kappa shape index (κ2) is 6.95. The fraction of sp³-hybridized carbons (Fsp3) is 0.0455. The average molecular weight is 419 g/mol. The average Bonchev–Trinajstić information content (AvgIpc) is 3.40. The van der Waals surface area contributed by atoms with E-state index in [1.807, 2.05) is 29.6 Å². The molecular weight excluding hydrogens is 406 g/mol. The highest BCUT2D eigenvalue weighted by molar-refractivity contribution is 7.21. The van der Waals surface area contributed by atoms with Crippen molar-refractivity contribution < 1.29 is 13.9 Å². The van der Waals surface area contributed by atoms with Crippen LogP contribution in [0.3, 0.4) is 0 Å². The van der Waals surface area contributed by atoms with Crippen molar-refractivity contribution in [2.75, 3.05) is 0 Å². The van der Waals surface area contributed by atoms with Gasteiger partial charge in [-0.2, -0.15) is 0 Å². The lowest BCUT2D eigenvalue weighted by Gasteiger charge is -2.09. The molecule has 0 fully saturated rings. The van der Waals surface area contributed by atoms with Crippen LogP contribution in [0.4, 0.5) is 0 Å². The number of benzene rings is 2. The monoisotopic (exact) mass is 419 g/mol. The Kier molecular flexibility index (Phi) is 4.26. The van der Waals surface area contributed by atoms with E-state index in [1.165, 1.54) is 28.9 Å². The van der Waals surface area contributed by atoms with Crippen molar-refractivity contribution in [2.24, 2.45) is 0 Å². The summed E-state index contributed by atoms with van der Waals surface area (Å²) in [5.74, 6) is -0.0670. The Balaban J connectivity index is 1.58. The van der Waals surface area contributed by atoms with E-state index in [0.717, 1.165) is 10.2 Å². The van der Waals surface area contributed by atoms with Gasteiger partial charge in [-0.1, -0.05) is 18.2 Å². The van der Waals surface area contributed by atoms with Crippen LogP contribution in [0.15, 0.2) is 69.4 Å². The number of ether oxygens (including phenoxy) is 1. The number of carbonyl (C=O) groups excluding carboxylic acids is 1. The molecule has 0 unspecified atom stereocenters. The molecule has 0 aliphatic rings. The van der Waals surface area contributed by atoms with Gasteiger partial charge in [0.1, 0.15) is 27.5 Å². The summed E-state index contributed by atoms with van der Waals surface area (Å²) in [6, 6.07) is 14.5. The molecule has 29 heavy (non-hydrogen) atoms. The quantitative estimate of drug-likeness (QED) is 0.279. The van der Waals surface area contributed by atoms with Gasteiger partial charge in [0.25, 0.3) is 0 Å². The fourth-order valence-electron chi connectivity index (χ4n) is 3.11. The van der Waals surface area contributed by atoms with E-state index in [1.54, 1.807) is 31.2 Å². The highest BCUT2D eigenvalue weighted by Gasteiger charge is 2.18. The number of esters is 1. The summed E-state index contributed by atoms with van der Waals surface area (Å²) < 4.78 is 12.3. The number of nitrogens with zero attached hydrogens (tertiary/aromatic N) is 1. The topological polar surface area (TPSA) is 69.4 Å². The molecule has 3 aromatic heterocycles. The lowest BCUT2D eigenvalue weighted by molar-refractivity contribution is 0.0739. The SMILES string of the molecule is Cc1c(OC(=O)c2cccs2)ccc2c(=O)c(-c3nc4ccccc4s3)coc12. The van der Waals surface area contributed by atoms with Crippen LogP contribution < -0.4 is 10.2 Å². The van der Waals surface area contributed by atoms with Crippen molar-refractivity contribution in [3.63, 3.8) is 0 Å². The zero-order valence-corrected chi connectivity index (χ0v) is 16.8. The van der Waals surface area contributed by atoms with Crippen LogP contribution in [0, 0.1) is 6.92 Å². The maximum atomic E-state index is 13.1. The maximum Gasteiger partial charge on any atom is 0.353 e. The number of fused-ring (bicyclic) bond motifs is 2. The summed E-state index contributed by atoms with van der Waals surface area (Å²) in [7, 11) is 0. The summed E-state index contributed by atoms with van der Waals surface area (Å²) >= 11 is 2.76. The highest BCUT2D eigenvalue weighted by atomic mass is 32.1. The van der Waals surface area contributed by atoms with Crippen LogP contribution in [0.5, 0.6) is 5.75 Å². The van der Waals surface area contributed by atoms with Crippen molar-refractivity contribution in [2.45, 2.75) is 6.92 Å². The molecule has 5 rings (SSSR count). The smallest absolute Gasteiger partial charge is 0.353 e. The van der Waals surface area contributed by atoms with Gasteiger partial charge in [-0.15, -0.1) is 22.7 Å². The Morgan fingerprint density at radius 2 is 1.97 bits per heavy atom. The molecule has 3 heterocycles. The Hall–Kier alpha value is -3.29. The Labute approximate surface area is 172 Å².